The number of benzene rings is 1. The van der Waals surface area contributed by atoms with E-state index < -0.39 is 6.10 Å². The summed E-state index contributed by atoms with van der Waals surface area (Å²) in [6, 6.07) is 3.78. The van der Waals surface area contributed by atoms with Crippen LogP contribution in [-0.4, -0.2) is 66.2 Å². The minimum atomic E-state index is -0.595. The molecule has 1 aromatic carbocycles. The van der Waals surface area contributed by atoms with Crippen LogP contribution in [0.4, 0.5) is 0 Å². The number of hydrogen-bond acceptors (Lipinski definition) is 7. The van der Waals surface area contributed by atoms with Crippen LogP contribution in [0.2, 0.25) is 0 Å². The summed E-state index contributed by atoms with van der Waals surface area (Å²) in [5.74, 6) is -0.393. The van der Waals surface area contributed by atoms with Crippen molar-refractivity contribution >= 4 is 11.9 Å². The molecule has 7 heteroatoms. The normalized spacial score (nSPS) is 24.0. The molecule has 1 atom stereocenters. The van der Waals surface area contributed by atoms with Gasteiger partial charge >= 0.3 is 11.9 Å². The zero-order chi connectivity index (χ0) is 55.0. The van der Waals surface area contributed by atoms with Crippen LogP contribution in [0.3, 0.4) is 0 Å². The Kier molecular flexibility index (Phi) is 36.1. The molecule has 4 aliphatic rings. The van der Waals surface area contributed by atoms with Gasteiger partial charge in [0, 0.05) is 25.2 Å². The third kappa shape index (κ3) is 27.6. The van der Waals surface area contributed by atoms with Crippen molar-refractivity contribution in [1.82, 2.24) is 9.80 Å². The van der Waals surface area contributed by atoms with Crippen LogP contribution in [-0.2, 0) is 20.9 Å². The fraction of sp³-hybridized carbons (Fsp3) is 0.859. The SMILES string of the molecule is CC1=C(N2CCCCCCCCCCCCCCCCCCCCCCCCCCCCCCCCCCCCCCCCCCCCCCCCC3(CCN(CC(O)c4ccc5c(c4C)COC5=O)CC3)CC2)COC1=O. The number of β-amino-alcohol motifs (C(OH)–C–C–N with tert-alkyl or cyclic N) is 1. The Labute approximate surface area is 481 Å². The lowest BCUT2D eigenvalue weighted by Gasteiger charge is -2.44. The number of nitrogens with zero attached hydrogens (tertiary/aromatic N) is 2. The zero-order valence-corrected chi connectivity index (χ0v) is 51.5. The number of carbonyl (C=O) groups is 2. The van der Waals surface area contributed by atoms with Gasteiger partial charge in [-0.15, -0.1) is 0 Å². The highest BCUT2D eigenvalue weighted by Crippen LogP contribution is 2.42. The number of ether oxygens (including phenoxy) is 2. The average Bonchev–Trinajstić information content (AvgIpc) is 4.00. The van der Waals surface area contributed by atoms with E-state index in [1.165, 1.54) is 302 Å². The lowest BCUT2D eigenvalue weighted by Crippen LogP contribution is -2.43. The summed E-state index contributed by atoms with van der Waals surface area (Å²) in [6.45, 7) is 9.32. The van der Waals surface area contributed by atoms with Crippen molar-refractivity contribution in [3.63, 3.8) is 0 Å². The Hall–Kier alpha value is -2.38. The van der Waals surface area contributed by atoms with E-state index in [-0.39, 0.29) is 17.4 Å². The van der Waals surface area contributed by atoms with Gasteiger partial charge in [-0.3, -0.25) is 0 Å². The van der Waals surface area contributed by atoms with Crippen LogP contribution >= 0.6 is 0 Å². The Bertz CT molecular complexity index is 1730. The highest BCUT2D eigenvalue weighted by molar-refractivity contribution is 5.94. The molecule has 1 aromatic rings. The number of aliphatic hydroxyl groups is 1. The van der Waals surface area contributed by atoms with Crippen LogP contribution < -0.4 is 0 Å². The summed E-state index contributed by atoms with van der Waals surface area (Å²) >= 11 is 0. The lowest BCUT2D eigenvalue weighted by molar-refractivity contribution is -0.136. The van der Waals surface area contributed by atoms with Crippen molar-refractivity contribution < 1.29 is 24.2 Å². The summed E-state index contributed by atoms with van der Waals surface area (Å²) in [4.78, 5) is 30.0. The molecule has 0 amide bonds. The monoisotopic (exact) mass is 1080 g/mol. The van der Waals surface area contributed by atoms with Gasteiger partial charge in [0.25, 0.3) is 0 Å². The summed E-state index contributed by atoms with van der Waals surface area (Å²) in [6.07, 6.45) is 69.5. The maximum absolute atomic E-state index is 12.7. The van der Waals surface area contributed by atoms with E-state index in [1.807, 2.05) is 26.0 Å². The molecule has 7 nitrogen and oxygen atoms in total. The van der Waals surface area contributed by atoms with Crippen molar-refractivity contribution in [2.75, 3.05) is 39.3 Å². The molecule has 2 saturated heterocycles. The fourth-order valence-electron chi connectivity index (χ4n) is 14.0. The van der Waals surface area contributed by atoms with Crippen molar-refractivity contribution in [2.24, 2.45) is 5.41 Å². The smallest absolute Gasteiger partial charge is 0.338 e. The second kappa shape index (κ2) is 42.4. The molecule has 5 rings (SSSR count). The molecule has 0 aliphatic carbocycles. The molecular weight excluding hydrogens is 961 g/mol. The molecule has 448 valence electrons. The van der Waals surface area contributed by atoms with Gasteiger partial charge in [0.1, 0.15) is 13.2 Å². The standard InChI is InChI=1S/C71H124N2O5/c1-62-64(49-50-65-66(62)60-77-70(65)76)68(74)59-72-56-52-71(53-57-72)51-47-45-43-41-39-37-35-33-31-29-27-25-23-21-19-17-15-13-11-9-7-5-3-4-6-8-10-12-14-16-18-20-22-24-26-28-30-32-34-36-38-40-42-44-46-48-55-73(58-54-71)67-61-78-69(75)63(67)2/h49-50,68,74H,3-48,51-61H2,1-2H3. The van der Waals surface area contributed by atoms with Gasteiger partial charge in [-0.05, 0) is 81.6 Å². The van der Waals surface area contributed by atoms with Gasteiger partial charge in [0.05, 0.1) is 22.9 Å². The molecular formula is C71H124N2O5. The van der Waals surface area contributed by atoms with Crippen LogP contribution in [0.1, 0.15) is 361 Å². The van der Waals surface area contributed by atoms with E-state index >= 15 is 0 Å². The van der Waals surface area contributed by atoms with Crippen molar-refractivity contribution in [3.05, 3.63) is 45.7 Å². The van der Waals surface area contributed by atoms with E-state index in [1.54, 1.807) is 0 Å². The number of fused-ring (bicyclic) bond motifs is 1. The fourth-order valence-corrected chi connectivity index (χ4v) is 14.0. The highest BCUT2D eigenvalue weighted by atomic mass is 16.5. The first-order valence-electron chi connectivity index (χ1n) is 34.7. The number of cyclic esters (lactones) is 2. The number of piperidine rings is 1. The molecule has 0 aromatic heterocycles. The third-order valence-corrected chi connectivity index (χ3v) is 19.7. The minimum Gasteiger partial charge on any atom is -0.457 e. The number of rotatable bonds is 4. The van der Waals surface area contributed by atoms with Crippen molar-refractivity contribution in [2.45, 2.75) is 348 Å². The molecule has 78 heavy (non-hydrogen) atoms. The van der Waals surface area contributed by atoms with E-state index in [2.05, 4.69) is 9.80 Å². The van der Waals surface area contributed by atoms with E-state index in [0.29, 0.717) is 25.3 Å². The van der Waals surface area contributed by atoms with Gasteiger partial charge < -0.3 is 24.4 Å². The third-order valence-electron chi connectivity index (χ3n) is 19.7. The van der Waals surface area contributed by atoms with Crippen LogP contribution in [0.15, 0.2) is 23.4 Å². The van der Waals surface area contributed by atoms with E-state index in [0.717, 1.165) is 73.4 Å². The van der Waals surface area contributed by atoms with E-state index in [9.17, 15) is 14.7 Å². The maximum Gasteiger partial charge on any atom is 0.338 e. The zero-order valence-electron chi connectivity index (χ0n) is 51.5. The lowest BCUT2D eigenvalue weighted by atomic mass is 9.71. The second-order valence-corrected chi connectivity index (χ2v) is 26.1. The number of hydrogen-bond donors (Lipinski definition) is 1. The van der Waals surface area contributed by atoms with Gasteiger partial charge in [-0.25, -0.2) is 9.59 Å². The largest absolute Gasteiger partial charge is 0.457 e. The Morgan fingerprint density at radius 1 is 0.410 bits per heavy atom. The van der Waals surface area contributed by atoms with Crippen molar-refractivity contribution in [1.29, 1.82) is 0 Å². The summed E-state index contributed by atoms with van der Waals surface area (Å²) in [5, 5.41) is 11.6. The van der Waals surface area contributed by atoms with Gasteiger partial charge in [0.2, 0.25) is 0 Å². The first-order valence-corrected chi connectivity index (χ1v) is 34.7. The number of likely N-dealkylation sites (tertiary alicyclic amines) is 1. The van der Waals surface area contributed by atoms with Gasteiger partial charge in [-0.2, -0.15) is 0 Å². The molecule has 1 N–H and O–H groups in total. The van der Waals surface area contributed by atoms with Gasteiger partial charge in [-0.1, -0.05) is 295 Å². The number of carbonyl (C=O) groups excluding carboxylic acids is 2. The average molecular weight is 1090 g/mol. The number of aliphatic hydroxyl groups excluding tert-OH is 1. The molecule has 1 unspecified atom stereocenters. The topological polar surface area (TPSA) is 79.3 Å². The van der Waals surface area contributed by atoms with Crippen LogP contribution in [0.5, 0.6) is 0 Å². The quantitative estimate of drug-likeness (QED) is 0.301. The first kappa shape index (κ1) is 66.4. The summed E-state index contributed by atoms with van der Waals surface area (Å²) in [5.41, 5.74) is 5.69. The Balaban J connectivity index is 1.03. The maximum atomic E-state index is 12.7. The predicted octanol–water partition coefficient (Wildman–Crippen LogP) is 20.7. The molecule has 1 spiro atoms. The minimum absolute atomic E-state index is 0.139. The summed E-state index contributed by atoms with van der Waals surface area (Å²) < 4.78 is 10.9. The molecule has 0 radical (unpaired) electrons. The Morgan fingerprint density at radius 3 is 1.10 bits per heavy atom. The van der Waals surface area contributed by atoms with Crippen LogP contribution in [0.25, 0.3) is 0 Å². The van der Waals surface area contributed by atoms with E-state index in [4.69, 9.17) is 9.47 Å². The Morgan fingerprint density at radius 2 is 0.744 bits per heavy atom. The molecule has 2 fully saturated rings. The molecule has 4 aliphatic heterocycles. The predicted molar refractivity (Wildman–Crippen MR) is 330 cm³/mol. The van der Waals surface area contributed by atoms with Crippen LogP contribution in [0, 0.1) is 12.3 Å². The second-order valence-electron chi connectivity index (χ2n) is 26.1. The molecule has 0 saturated carbocycles. The van der Waals surface area contributed by atoms with Gasteiger partial charge in [0.15, 0.2) is 0 Å². The highest BCUT2D eigenvalue weighted by Gasteiger charge is 2.36. The number of esters is 2. The van der Waals surface area contributed by atoms with Crippen molar-refractivity contribution in [3.8, 4) is 0 Å². The molecule has 4 heterocycles. The first-order chi connectivity index (χ1) is 38.4. The molecule has 0 bridgehead atoms. The summed E-state index contributed by atoms with van der Waals surface area (Å²) in [7, 11) is 0.